The Kier molecular flexibility index (Phi) is 4.89. The van der Waals surface area contributed by atoms with E-state index in [-0.39, 0.29) is 0 Å². The van der Waals surface area contributed by atoms with Gasteiger partial charge in [-0.1, -0.05) is 133 Å². The van der Waals surface area contributed by atoms with Crippen molar-refractivity contribution < 1.29 is 0 Å². The van der Waals surface area contributed by atoms with Gasteiger partial charge in [-0.2, -0.15) is 0 Å². The van der Waals surface area contributed by atoms with Gasteiger partial charge in [0.25, 0.3) is 0 Å². The van der Waals surface area contributed by atoms with Crippen LogP contribution in [-0.4, -0.2) is 0 Å². The summed E-state index contributed by atoms with van der Waals surface area (Å²) in [5.41, 5.74) is 7.46. The molecule has 7 aromatic rings. The molecule has 0 saturated heterocycles. The van der Waals surface area contributed by atoms with Gasteiger partial charge in [-0.25, -0.2) is 0 Å². The zero-order chi connectivity index (χ0) is 23.9. The molecule has 0 amide bonds. The first-order valence-electron chi connectivity index (χ1n) is 12.5. The molecule has 168 valence electrons. The third-order valence-electron chi connectivity index (χ3n) is 7.25. The lowest BCUT2D eigenvalue weighted by atomic mass is 9.87. The van der Waals surface area contributed by atoms with Gasteiger partial charge in [0.2, 0.25) is 0 Å². The maximum absolute atomic E-state index is 2.38. The Morgan fingerprint density at radius 1 is 0.250 bits per heavy atom. The Balaban J connectivity index is 1.55. The highest BCUT2D eigenvalue weighted by Gasteiger charge is 2.15. The van der Waals surface area contributed by atoms with E-state index in [1.54, 1.807) is 0 Å². The Labute approximate surface area is 211 Å². The van der Waals surface area contributed by atoms with E-state index in [4.69, 9.17) is 0 Å². The maximum Gasteiger partial charge on any atom is -0.00199 e. The molecule has 7 rings (SSSR count). The van der Waals surface area contributed by atoms with Gasteiger partial charge in [0, 0.05) is 0 Å². The molecule has 0 heteroatoms. The van der Waals surface area contributed by atoms with Crippen LogP contribution in [0.3, 0.4) is 0 Å². The van der Waals surface area contributed by atoms with Crippen LogP contribution in [0.25, 0.3) is 65.7 Å². The standard InChI is InChI=1S/C36H24/c1-3-11-25(12-4-1)26-19-21-27(22-20-26)29-23-34(28-13-5-2-6-14-28)36-33-18-10-9-16-31(33)30-15-7-8-17-32(30)35(36)24-29/h1-24H. The third kappa shape index (κ3) is 3.39. The molecule has 0 bridgehead atoms. The lowest BCUT2D eigenvalue weighted by Gasteiger charge is -2.17. The molecule has 0 radical (unpaired) electrons. The summed E-state index contributed by atoms with van der Waals surface area (Å²) in [7, 11) is 0. The second-order valence-electron chi connectivity index (χ2n) is 9.35. The van der Waals surface area contributed by atoms with Gasteiger partial charge in [0.1, 0.15) is 0 Å². The summed E-state index contributed by atoms with van der Waals surface area (Å²) in [6.07, 6.45) is 0. The Morgan fingerprint density at radius 2 is 0.667 bits per heavy atom. The normalized spacial score (nSPS) is 11.3. The Morgan fingerprint density at radius 3 is 1.28 bits per heavy atom. The summed E-state index contributed by atoms with van der Waals surface area (Å²) in [6.45, 7) is 0. The molecule has 7 aromatic carbocycles. The molecule has 0 heterocycles. The number of benzene rings is 7. The lowest BCUT2D eigenvalue weighted by Crippen LogP contribution is -1.89. The fourth-order valence-electron chi connectivity index (χ4n) is 5.53. The van der Waals surface area contributed by atoms with E-state index in [2.05, 4.69) is 146 Å². The number of hydrogen-bond acceptors (Lipinski definition) is 0. The number of hydrogen-bond donors (Lipinski definition) is 0. The fourth-order valence-corrected chi connectivity index (χ4v) is 5.53. The van der Waals surface area contributed by atoms with E-state index in [9.17, 15) is 0 Å². The van der Waals surface area contributed by atoms with Gasteiger partial charge in [0.15, 0.2) is 0 Å². The summed E-state index contributed by atoms with van der Waals surface area (Å²) in [4.78, 5) is 0. The van der Waals surface area contributed by atoms with E-state index in [1.807, 2.05) is 0 Å². The molecule has 36 heavy (non-hydrogen) atoms. The van der Waals surface area contributed by atoms with Crippen molar-refractivity contribution in [3.05, 3.63) is 146 Å². The van der Waals surface area contributed by atoms with Crippen LogP contribution < -0.4 is 0 Å². The second kappa shape index (κ2) is 8.52. The number of fused-ring (bicyclic) bond motifs is 6. The van der Waals surface area contributed by atoms with Crippen molar-refractivity contribution in [2.24, 2.45) is 0 Å². The molecule has 0 unspecified atom stereocenters. The van der Waals surface area contributed by atoms with E-state index in [0.29, 0.717) is 0 Å². The van der Waals surface area contributed by atoms with Crippen LogP contribution in [0.15, 0.2) is 146 Å². The number of rotatable bonds is 3. The minimum atomic E-state index is 1.23. The van der Waals surface area contributed by atoms with Gasteiger partial charge >= 0.3 is 0 Å². The van der Waals surface area contributed by atoms with Crippen LogP contribution in [-0.2, 0) is 0 Å². The molecule has 0 nitrogen and oxygen atoms in total. The van der Waals surface area contributed by atoms with Crippen LogP contribution in [0.2, 0.25) is 0 Å². The molecule has 0 aliphatic heterocycles. The zero-order valence-electron chi connectivity index (χ0n) is 19.9. The molecular weight excluding hydrogens is 432 g/mol. The monoisotopic (exact) mass is 456 g/mol. The summed E-state index contributed by atoms with van der Waals surface area (Å²) >= 11 is 0. The van der Waals surface area contributed by atoms with Crippen LogP contribution in [0, 0.1) is 0 Å². The van der Waals surface area contributed by atoms with E-state index in [1.165, 1.54) is 65.7 Å². The van der Waals surface area contributed by atoms with Gasteiger partial charge in [-0.3, -0.25) is 0 Å². The first-order chi connectivity index (χ1) is 17.9. The van der Waals surface area contributed by atoms with Crippen LogP contribution in [0.4, 0.5) is 0 Å². The SMILES string of the molecule is c1ccc(-c2ccc(-c3cc(-c4ccccc4)c4c5ccccc5c5ccccc5c4c3)cc2)cc1. The molecule has 0 aliphatic rings. The molecule has 0 saturated carbocycles. The highest BCUT2D eigenvalue weighted by atomic mass is 14.2. The average molecular weight is 457 g/mol. The minimum Gasteiger partial charge on any atom is -0.0622 e. The topological polar surface area (TPSA) is 0 Å². The molecule has 0 fully saturated rings. The fraction of sp³-hybridized carbons (Fsp3) is 0. The van der Waals surface area contributed by atoms with E-state index < -0.39 is 0 Å². The van der Waals surface area contributed by atoms with Gasteiger partial charge in [-0.05, 0) is 77.8 Å². The smallest absolute Gasteiger partial charge is 0.00199 e. The molecule has 0 N–H and O–H groups in total. The van der Waals surface area contributed by atoms with Gasteiger partial charge in [0.05, 0.1) is 0 Å². The van der Waals surface area contributed by atoms with Crippen LogP contribution in [0.5, 0.6) is 0 Å². The second-order valence-corrected chi connectivity index (χ2v) is 9.35. The molecular formula is C36H24. The minimum absolute atomic E-state index is 1.23. The summed E-state index contributed by atoms with van der Waals surface area (Å²) in [6, 6.07) is 52.7. The third-order valence-corrected chi connectivity index (χ3v) is 7.25. The van der Waals surface area contributed by atoms with Crippen molar-refractivity contribution in [3.8, 4) is 33.4 Å². The quantitative estimate of drug-likeness (QED) is 0.232. The first-order valence-corrected chi connectivity index (χ1v) is 12.5. The summed E-state index contributed by atoms with van der Waals surface area (Å²) < 4.78 is 0. The van der Waals surface area contributed by atoms with Crippen LogP contribution >= 0.6 is 0 Å². The summed E-state index contributed by atoms with van der Waals surface area (Å²) in [5.74, 6) is 0. The predicted octanol–water partition coefficient (Wildman–Crippen LogP) is 10.1. The van der Waals surface area contributed by atoms with E-state index >= 15 is 0 Å². The Hall–Kier alpha value is -4.68. The van der Waals surface area contributed by atoms with Gasteiger partial charge in [-0.15, -0.1) is 0 Å². The van der Waals surface area contributed by atoms with Crippen molar-refractivity contribution in [1.82, 2.24) is 0 Å². The average Bonchev–Trinajstić information content (AvgIpc) is 2.98. The molecule has 0 aliphatic carbocycles. The maximum atomic E-state index is 2.38. The van der Waals surface area contributed by atoms with Crippen molar-refractivity contribution >= 4 is 32.3 Å². The molecule has 0 atom stereocenters. The van der Waals surface area contributed by atoms with Crippen molar-refractivity contribution in [3.63, 3.8) is 0 Å². The lowest BCUT2D eigenvalue weighted by molar-refractivity contribution is 1.60. The highest BCUT2D eigenvalue weighted by molar-refractivity contribution is 6.29. The Bertz CT molecular complexity index is 1840. The molecule has 0 aromatic heterocycles. The largest absolute Gasteiger partial charge is 0.0622 e. The van der Waals surface area contributed by atoms with Crippen molar-refractivity contribution in [1.29, 1.82) is 0 Å². The van der Waals surface area contributed by atoms with E-state index in [0.717, 1.165) is 0 Å². The van der Waals surface area contributed by atoms with Crippen molar-refractivity contribution in [2.75, 3.05) is 0 Å². The van der Waals surface area contributed by atoms with Crippen molar-refractivity contribution in [2.45, 2.75) is 0 Å². The van der Waals surface area contributed by atoms with Crippen LogP contribution in [0.1, 0.15) is 0 Å². The highest BCUT2D eigenvalue weighted by Crippen LogP contribution is 2.42. The molecule has 0 spiro atoms. The van der Waals surface area contributed by atoms with Gasteiger partial charge < -0.3 is 0 Å². The summed E-state index contributed by atoms with van der Waals surface area (Å²) in [5, 5.41) is 7.82. The zero-order valence-corrected chi connectivity index (χ0v) is 19.9. The first kappa shape index (κ1) is 20.7. The predicted molar refractivity (Wildman–Crippen MR) is 155 cm³/mol.